The first-order valence-electron chi connectivity index (χ1n) is 12.7. The average molecular weight is 451 g/mol. The van der Waals surface area contributed by atoms with Gasteiger partial charge in [-0.1, -0.05) is 108 Å². The Morgan fingerprint density at radius 2 is 1.39 bits per heavy atom. The van der Waals surface area contributed by atoms with Crippen molar-refractivity contribution in [1.29, 1.82) is 0 Å². The predicted molar refractivity (Wildman–Crippen MR) is 144 cm³/mol. The summed E-state index contributed by atoms with van der Waals surface area (Å²) in [5, 5.41) is 0. The van der Waals surface area contributed by atoms with E-state index in [1.54, 1.807) is 0 Å². The largest absolute Gasteiger partial charge is 0.427 e. The fourth-order valence-corrected chi connectivity index (χ4v) is 3.34. The van der Waals surface area contributed by atoms with Crippen LogP contribution in [-0.2, 0) is 10.2 Å². The number of hydrogen-bond acceptors (Lipinski definition) is 2. The SMILES string of the molecule is CCCCCC=CCC=CCC=CCC=CCC(C)CC(=O)Oc1ccc(C(C)(C)C)cc1. The first kappa shape index (κ1) is 28.7. The highest BCUT2D eigenvalue weighted by molar-refractivity contribution is 5.72. The maximum Gasteiger partial charge on any atom is 0.311 e. The van der Waals surface area contributed by atoms with Gasteiger partial charge in [0.25, 0.3) is 0 Å². The van der Waals surface area contributed by atoms with Crippen LogP contribution in [0.15, 0.2) is 72.9 Å². The summed E-state index contributed by atoms with van der Waals surface area (Å²) < 4.78 is 5.50. The lowest BCUT2D eigenvalue weighted by Gasteiger charge is -2.19. The van der Waals surface area contributed by atoms with Crippen molar-refractivity contribution < 1.29 is 9.53 Å². The molecule has 33 heavy (non-hydrogen) atoms. The second-order valence-electron chi connectivity index (χ2n) is 9.88. The van der Waals surface area contributed by atoms with Crippen molar-refractivity contribution in [2.75, 3.05) is 0 Å². The quantitative estimate of drug-likeness (QED) is 0.115. The lowest BCUT2D eigenvalue weighted by atomic mass is 9.87. The van der Waals surface area contributed by atoms with Gasteiger partial charge in [0, 0.05) is 6.42 Å². The second-order valence-corrected chi connectivity index (χ2v) is 9.88. The number of carbonyl (C=O) groups excluding carboxylic acids is 1. The Morgan fingerprint density at radius 1 is 0.848 bits per heavy atom. The number of rotatable bonds is 15. The average Bonchev–Trinajstić information content (AvgIpc) is 2.76. The molecule has 0 heterocycles. The standard InChI is InChI=1S/C31H46O2/c1-6-7-8-9-10-11-12-13-14-15-16-17-18-19-20-21-27(2)26-30(32)33-29-24-22-28(23-25-29)31(3,4)5/h10-11,13-14,16-17,19-20,22-25,27H,6-9,12,15,18,21,26H2,1-5H3. The Morgan fingerprint density at radius 3 is 1.94 bits per heavy atom. The molecule has 0 aliphatic rings. The number of allylic oxidation sites excluding steroid dienone is 8. The topological polar surface area (TPSA) is 26.3 Å². The molecule has 0 aliphatic carbocycles. The van der Waals surface area contributed by atoms with Gasteiger partial charge in [0.2, 0.25) is 0 Å². The Kier molecular flexibility index (Phi) is 14.9. The first-order valence-corrected chi connectivity index (χ1v) is 12.7. The summed E-state index contributed by atoms with van der Waals surface area (Å²) in [6.45, 7) is 10.8. The van der Waals surface area contributed by atoms with Crippen molar-refractivity contribution >= 4 is 5.97 Å². The molecular formula is C31H46O2. The van der Waals surface area contributed by atoms with Crippen molar-refractivity contribution in [3.63, 3.8) is 0 Å². The van der Waals surface area contributed by atoms with Gasteiger partial charge in [0.15, 0.2) is 0 Å². The molecule has 0 amide bonds. The monoisotopic (exact) mass is 450 g/mol. The highest BCUT2D eigenvalue weighted by atomic mass is 16.5. The molecule has 1 atom stereocenters. The van der Waals surface area contributed by atoms with E-state index in [0.717, 1.165) is 25.7 Å². The van der Waals surface area contributed by atoms with E-state index in [2.05, 4.69) is 83.2 Å². The fourth-order valence-electron chi connectivity index (χ4n) is 3.34. The van der Waals surface area contributed by atoms with Gasteiger partial charge in [-0.05, 0) is 67.6 Å². The van der Waals surface area contributed by atoms with Gasteiger partial charge >= 0.3 is 5.97 Å². The molecule has 2 nitrogen and oxygen atoms in total. The third-order valence-electron chi connectivity index (χ3n) is 5.46. The molecule has 1 aromatic rings. The number of unbranched alkanes of at least 4 members (excludes halogenated alkanes) is 3. The molecule has 0 radical (unpaired) electrons. The minimum absolute atomic E-state index is 0.0973. The summed E-state index contributed by atoms with van der Waals surface area (Å²) in [4.78, 5) is 12.2. The van der Waals surface area contributed by atoms with E-state index in [9.17, 15) is 4.79 Å². The summed E-state index contributed by atoms with van der Waals surface area (Å²) in [6, 6.07) is 7.83. The molecule has 1 rings (SSSR count). The van der Waals surface area contributed by atoms with Gasteiger partial charge in [-0.3, -0.25) is 4.79 Å². The third-order valence-corrected chi connectivity index (χ3v) is 5.46. The highest BCUT2D eigenvalue weighted by Gasteiger charge is 2.14. The van der Waals surface area contributed by atoms with Crippen LogP contribution in [0, 0.1) is 5.92 Å². The first-order chi connectivity index (χ1) is 15.8. The van der Waals surface area contributed by atoms with Gasteiger partial charge in [-0.15, -0.1) is 0 Å². The molecular weight excluding hydrogens is 404 g/mol. The van der Waals surface area contributed by atoms with Crippen LogP contribution in [0.2, 0.25) is 0 Å². The molecule has 0 bridgehead atoms. The number of benzene rings is 1. The summed E-state index contributed by atoms with van der Waals surface area (Å²) in [5.41, 5.74) is 1.33. The van der Waals surface area contributed by atoms with Crippen LogP contribution in [0.1, 0.15) is 98.0 Å². The molecule has 0 aliphatic heterocycles. The van der Waals surface area contributed by atoms with Gasteiger partial charge in [0.05, 0.1) is 0 Å². The van der Waals surface area contributed by atoms with Crippen LogP contribution < -0.4 is 4.74 Å². The maximum absolute atomic E-state index is 12.2. The van der Waals surface area contributed by atoms with E-state index in [4.69, 9.17) is 4.74 Å². The fraction of sp³-hybridized carbons (Fsp3) is 0.516. The van der Waals surface area contributed by atoms with Crippen LogP contribution >= 0.6 is 0 Å². The molecule has 0 fully saturated rings. The van der Waals surface area contributed by atoms with Crippen molar-refractivity contribution in [1.82, 2.24) is 0 Å². The molecule has 182 valence electrons. The van der Waals surface area contributed by atoms with Gasteiger partial charge in [-0.25, -0.2) is 0 Å². The van der Waals surface area contributed by atoms with Gasteiger partial charge in [0.1, 0.15) is 5.75 Å². The lowest BCUT2D eigenvalue weighted by molar-refractivity contribution is -0.135. The number of carbonyl (C=O) groups is 1. The molecule has 0 N–H and O–H groups in total. The number of ether oxygens (including phenoxy) is 1. The molecule has 0 saturated heterocycles. The summed E-state index contributed by atoms with van der Waals surface area (Å²) in [7, 11) is 0. The molecule has 2 heteroatoms. The van der Waals surface area contributed by atoms with Crippen LogP contribution in [0.3, 0.4) is 0 Å². The van der Waals surface area contributed by atoms with E-state index < -0.39 is 0 Å². The van der Waals surface area contributed by atoms with Crippen molar-refractivity contribution in [3.05, 3.63) is 78.4 Å². The van der Waals surface area contributed by atoms with Crippen molar-refractivity contribution in [2.24, 2.45) is 5.92 Å². The number of hydrogen-bond donors (Lipinski definition) is 0. The van der Waals surface area contributed by atoms with Crippen LogP contribution in [-0.4, -0.2) is 5.97 Å². The zero-order valence-corrected chi connectivity index (χ0v) is 21.7. The Balaban J connectivity index is 2.15. The summed E-state index contributed by atoms with van der Waals surface area (Å²) >= 11 is 0. The van der Waals surface area contributed by atoms with E-state index in [1.807, 2.05) is 24.3 Å². The zero-order valence-electron chi connectivity index (χ0n) is 21.7. The third kappa shape index (κ3) is 15.2. The van der Waals surface area contributed by atoms with Crippen LogP contribution in [0.4, 0.5) is 0 Å². The highest BCUT2D eigenvalue weighted by Crippen LogP contribution is 2.24. The molecule has 0 aromatic heterocycles. The summed E-state index contributed by atoms with van der Waals surface area (Å²) in [6.07, 6.45) is 27.2. The minimum Gasteiger partial charge on any atom is -0.427 e. The summed E-state index contributed by atoms with van der Waals surface area (Å²) in [5.74, 6) is 0.726. The lowest BCUT2D eigenvalue weighted by Crippen LogP contribution is -2.13. The van der Waals surface area contributed by atoms with Crippen LogP contribution in [0.5, 0.6) is 5.75 Å². The maximum atomic E-state index is 12.2. The molecule has 0 spiro atoms. The Labute approximate surface area is 203 Å². The second kappa shape index (κ2) is 17.2. The molecule has 1 aromatic carbocycles. The normalized spacial score (nSPS) is 13.6. The van der Waals surface area contributed by atoms with Gasteiger partial charge in [-0.2, -0.15) is 0 Å². The van der Waals surface area contributed by atoms with Crippen molar-refractivity contribution in [2.45, 2.75) is 97.8 Å². The predicted octanol–water partition coefficient (Wildman–Crippen LogP) is 9.28. The van der Waals surface area contributed by atoms with E-state index in [-0.39, 0.29) is 17.3 Å². The Hall–Kier alpha value is -2.35. The number of esters is 1. The molecule has 0 saturated carbocycles. The van der Waals surface area contributed by atoms with E-state index in [0.29, 0.717) is 12.2 Å². The zero-order chi connectivity index (χ0) is 24.4. The van der Waals surface area contributed by atoms with Crippen molar-refractivity contribution in [3.8, 4) is 5.75 Å². The van der Waals surface area contributed by atoms with E-state index >= 15 is 0 Å². The van der Waals surface area contributed by atoms with E-state index in [1.165, 1.54) is 31.2 Å². The minimum atomic E-state index is -0.165. The smallest absolute Gasteiger partial charge is 0.311 e. The van der Waals surface area contributed by atoms with Gasteiger partial charge < -0.3 is 4.74 Å². The molecule has 1 unspecified atom stereocenters. The van der Waals surface area contributed by atoms with Crippen LogP contribution in [0.25, 0.3) is 0 Å². The Bertz CT molecular complexity index is 757.